The monoisotopic (exact) mass is 239 g/mol. The Labute approximate surface area is 104 Å². The summed E-state index contributed by atoms with van der Waals surface area (Å²) < 4.78 is 7.38. The van der Waals surface area contributed by atoms with Crippen molar-refractivity contribution < 1.29 is 4.74 Å². The Kier molecular flexibility index (Phi) is 6.22. The van der Waals surface area contributed by atoms with Gasteiger partial charge < -0.3 is 10.1 Å². The molecule has 4 heteroatoms. The van der Waals surface area contributed by atoms with Gasteiger partial charge in [0.05, 0.1) is 12.8 Å². The molecule has 0 spiro atoms. The fourth-order valence-corrected chi connectivity index (χ4v) is 1.55. The normalized spacial score (nSPS) is 13.2. The van der Waals surface area contributed by atoms with Gasteiger partial charge in [-0.3, -0.25) is 4.68 Å². The maximum absolute atomic E-state index is 5.55. The van der Waals surface area contributed by atoms with Crippen molar-refractivity contribution in [2.75, 3.05) is 19.8 Å². The molecule has 0 aliphatic heterocycles. The van der Waals surface area contributed by atoms with Gasteiger partial charge >= 0.3 is 0 Å². The molecular weight excluding hydrogens is 214 g/mol. The number of aromatic nitrogens is 2. The van der Waals surface area contributed by atoms with E-state index in [4.69, 9.17) is 4.74 Å². The van der Waals surface area contributed by atoms with Gasteiger partial charge in [-0.05, 0) is 19.3 Å². The molecule has 0 saturated carbocycles. The molecular formula is C13H25N3O. The van der Waals surface area contributed by atoms with Crippen LogP contribution in [0, 0.1) is 5.92 Å². The average molecular weight is 239 g/mol. The van der Waals surface area contributed by atoms with Crippen LogP contribution in [0.2, 0.25) is 0 Å². The fraction of sp³-hybridized carbons (Fsp3) is 0.769. The van der Waals surface area contributed by atoms with E-state index in [1.54, 1.807) is 0 Å². The third-order valence-electron chi connectivity index (χ3n) is 2.76. The van der Waals surface area contributed by atoms with Crippen molar-refractivity contribution in [3.63, 3.8) is 0 Å². The summed E-state index contributed by atoms with van der Waals surface area (Å²) in [4.78, 5) is 0. The Hall–Kier alpha value is -0.870. The smallest absolute Gasteiger partial charge is 0.0591 e. The molecule has 0 aliphatic carbocycles. The zero-order valence-electron chi connectivity index (χ0n) is 11.4. The maximum Gasteiger partial charge on any atom is 0.0591 e. The van der Waals surface area contributed by atoms with Crippen LogP contribution < -0.4 is 5.32 Å². The molecule has 17 heavy (non-hydrogen) atoms. The van der Waals surface area contributed by atoms with E-state index in [0.29, 0.717) is 6.04 Å². The van der Waals surface area contributed by atoms with Gasteiger partial charge in [-0.1, -0.05) is 13.8 Å². The number of hydrogen-bond acceptors (Lipinski definition) is 3. The van der Waals surface area contributed by atoms with E-state index in [1.807, 2.05) is 24.1 Å². The minimum Gasteiger partial charge on any atom is -0.380 e. The molecule has 4 nitrogen and oxygen atoms in total. The molecule has 0 bridgehead atoms. The van der Waals surface area contributed by atoms with Gasteiger partial charge in [0.15, 0.2) is 0 Å². The van der Waals surface area contributed by atoms with Gasteiger partial charge in [0.25, 0.3) is 0 Å². The number of nitrogens with zero attached hydrogens (tertiary/aromatic N) is 2. The summed E-state index contributed by atoms with van der Waals surface area (Å²) in [5.41, 5.74) is 1.22. The number of aryl methyl sites for hydroxylation is 1. The summed E-state index contributed by atoms with van der Waals surface area (Å²) in [6.45, 7) is 9.09. The van der Waals surface area contributed by atoms with E-state index < -0.39 is 0 Å². The van der Waals surface area contributed by atoms with E-state index in [1.165, 1.54) is 5.56 Å². The summed E-state index contributed by atoms with van der Waals surface area (Å²) in [7, 11) is 1.94. The first-order chi connectivity index (χ1) is 8.09. The van der Waals surface area contributed by atoms with Gasteiger partial charge in [0.1, 0.15) is 0 Å². The van der Waals surface area contributed by atoms with Crippen LogP contribution in [-0.4, -0.2) is 29.5 Å². The van der Waals surface area contributed by atoms with E-state index in [2.05, 4.69) is 31.2 Å². The van der Waals surface area contributed by atoms with Gasteiger partial charge in [0.2, 0.25) is 0 Å². The number of ether oxygens (including phenoxy) is 1. The Balaban J connectivity index is 2.06. The highest BCUT2D eigenvalue weighted by Gasteiger charge is 2.05. The Morgan fingerprint density at radius 1 is 1.35 bits per heavy atom. The van der Waals surface area contributed by atoms with Crippen LogP contribution >= 0.6 is 0 Å². The molecule has 0 radical (unpaired) electrons. The van der Waals surface area contributed by atoms with Crippen molar-refractivity contribution in [2.45, 2.75) is 33.2 Å². The molecule has 0 aromatic carbocycles. The first kappa shape index (κ1) is 14.2. The number of rotatable bonds is 8. The molecule has 1 N–H and O–H groups in total. The van der Waals surface area contributed by atoms with Crippen molar-refractivity contribution in [2.24, 2.45) is 13.0 Å². The topological polar surface area (TPSA) is 39.1 Å². The lowest BCUT2D eigenvalue weighted by molar-refractivity contribution is 0.123. The van der Waals surface area contributed by atoms with Crippen LogP contribution in [0.15, 0.2) is 12.4 Å². The second kappa shape index (κ2) is 7.45. The lowest BCUT2D eigenvalue weighted by Gasteiger charge is -2.12. The summed E-state index contributed by atoms with van der Waals surface area (Å²) in [6, 6.07) is 0.331. The average Bonchev–Trinajstić information content (AvgIpc) is 2.69. The van der Waals surface area contributed by atoms with Gasteiger partial charge in [-0.15, -0.1) is 0 Å². The molecule has 98 valence electrons. The van der Waals surface area contributed by atoms with Crippen LogP contribution in [0.5, 0.6) is 0 Å². The molecule has 0 amide bonds. The van der Waals surface area contributed by atoms with Gasteiger partial charge in [-0.25, -0.2) is 0 Å². The molecule has 1 atom stereocenters. The molecule has 1 aromatic rings. The highest BCUT2D eigenvalue weighted by Crippen LogP contribution is 2.09. The minimum absolute atomic E-state index is 0.331. The van der Waals surface area contributed by atoms with Crippen LogP contribution in [-0.2, 0) is 11.8 Å². The first-order valence-corrected chi connectivity index (χ1v) is 6.39. The van der Waals surface area contributed by atoms with Gasteiger partial charge in [-0.2, -0.15) is 5.10 Å². The molecule has 0 aliphatic rings. The highest BCUT2D eigenvalue weighted by molar-refractivity contribution is 5.08. The van der Waals surface area contributed by atoms with E-state index in [9.17, 15) is 0 Å². The molecule has 1 aromatic heterocycles. The van der Waals surface area contributed by atoms with E-state index >= 15 is 0 Å². The number of hydrogen-bond donors (Lipinski definition) is 1. The quantitative estimate of drug-likeness (QED) is 0.706. The zero-order valence-corrected chi connectivity index (χ0v) is 11.4. The summed E-state index contributed by atoms with van der Waals surface area (Å²) in [5.74, 6) is 0.720. The minimum atomic E-state index is 0.331. The van der Waals surface area contributed by atoms with Crippen LogP contribution in [0.3, 0.4) is 0 Å². The van der Waals surface area contributed by atoms with Crippen LogP contribution in [0.1, 0.15) is 38.8 Å². The number of nitrogens with one attached hydrogen (secondary N) is 1. The molecule has 1 unspecified atom stereocenters. The van der Waals surface area contributed by atoms with E-state index in [-0.39, 0.29) is 0 Å². The second-order valence-corrected chi connectivity index (χ2v) is 4.92. The standard InChI is InChI=1S/C13H25N3O/c1-11(2)5-7-17-8-6-14-12(3)13-9-15-16(4)10-13/h9-12,14H,5-8H2,1-4H3. The molecule has 1 heterocycles. The summed E-state index contributed by atoms with van der Waals surface area (Å²) in [5, 5.41) is 7.58. The summed E-state index contributed by atoms with van der Waals surface area (Å²) in [6.07, 6.45) is 5.08. The van der Waals surface area contributed by atoms with Crippen molar-refractivity contribution in [1.29, 1.82) is 0 Å². The van der Waals surface area contributed by atoms with Crippen LogP contribution in [0.4, 0.5) is 0 Å². The van der Waals surface area contributed by atoms with Crippen molar-refractivity contribution >= 4 is 0 Å². The SMILES string of the molecule is CC(C)CCOCCNC(C)c1cnn(C)c1. The molecule has 0 fully saturated rings. The second-order valence-electron chi connectivity index (χ2n) is 4.92. The fourth-order valence-electron chi connectivity index (χ4n) is 1.55. The van der Waals surface area contributed by atoms with Crippen LogP contribution in [0.25, 0.3) is 0 Å². The zero-order chi connectivity index (χ0) is 12.7. The summed E-state index contributed by atoms with van der Waals surface area (Å²) >= 11 is 0. The largest absolute Gasteiger partial charge is 0.380 e. The Bertz CT molecular complexity index is 309. The Morgan fingerprint density at radius 3 is 2.71 bits per heavy atom. The lowest BCUT2D eigenvalue weighted by Crippen LogP contribution is -2.23. The van der Waals surface area contributed by atoms with Crippen molar-refractivity contribution in [3.05, 3.63) is 18.0 Å². The highest BCUT2D eigenvalue weighted by atomic mass is 16.5. The predicted octanol–water partition coefficient (Wildman–Crippen LogP) is 2.13. The first-order valence-electron chi connectivity index (χ1n) is 6.39. The third kappa shape index (κ3) is 5.84. The molecule has 0 saturated heterocycles. The molecule has 1 rings (SSSR count). The maximum atomic E-state index is 5.55. The van der Waals surface area contributed by atoms with E-state index in [0.717, 1.165) is 32.1 Å². The predicted molar refractivity (Wildman–Crippen MR) is 69.9 cm³/mol. The third-order valence-corrected chi connectivity index (χ3v) is 2.76. The Morgan fingerprint density at radius 2 is 2.12 bits per heavy atom. The van der Waals surface area contributed by atoms with Gasteiger partial charge in [0, 0.05) is 38.0 Å². The lowest BCUT2D eigenvalue weighted by atomic mass is 10.1. The van der Waals surface area contributed by atoms with Crippen molar-refractivity contribution in [3.8, 4) is 0 Å². The van der Waals surface area contributed by atoms with Crippen molar-refractivity contribution in [1.82, 2.24) is 15.1 Å².